The monoisotopic (exact) mass is 280 g/mol. The van der Waals surface area contributed by atoms with Crippen LogP contribution < -0.4 is 0 Å². The van der Waals surface area contributed by atoms with Crippen molar-refractivity contribution in [3.63, 3.8) is 0 Å². The second-order valence-electron chi connectivity index (χ2n) is 6.36. The van der Waals surface area contributed by atoms with Crippen molar-refractivity contribution in [3.05, 3.63) is 0 Å². The van der Waals surface area contributed by atoms with E-state index in [4.69, 9.17) is 0 Å². The van der Waals surface area contributed by atoms with Crippen molar-refractivity contribution in [3.8, 4) is 0 Å². The minimum atomic E-state index is -0.178. The van der Waals surface area contributed by atoms with Crippen molar-refractivity contribution in [2.45, 2.75) is 24.9 Å². The van der Waals surface area contributed by atoms with Crippen LogP contribution in [-0.2, 0) is 9.59 Å². The fourth-order valence-electron chi connectivity index (χ4n) is 3.57. The van der Waals surface area contributed by atoms with Crippen molar-refractivity contribution >= 4 is 11.8 Å². The van der Waals surface area contributed by atoms with E-state index < -0.39 is 0 Å². The zero-order chi connectivity index (χ0) is 14.3. The van der Waals surface area contributed by atoms with E-state index in [9.17, 15) is 9.59 Å². The number of hydrogen-bond acceptors (Lipinski definition) is 4. The lowest BCUT2D eigenvalue weighted by Gasteiger charge is -2.43. The van der Waals surface area contributed by atoms with Crippen LogP contribution in [0.3, 0.4) is 0 Å². The molecule has 112 valence electrons. The number of amides is 2. The lowest BCUT2D eigenvalue weighted by atomic mass is 10.1. The number of rotatable bonds is 2. The molecule has 0 radical (unpaired) electrons. The van der Waals surface area contributed by atoms with Crippen molar-refractivity contribution in [2.75, 3.05) is 53.4 Å². The molecule has 3 aliphatic heterocycles. The minimum absolute atomic E-state index is 0.124. The van der Waals surface area contributed by atoms with Crippen LogP contribution in [0.4, 0.5) is 0 Å². The van der Waals surface area contributed by atoms with Gasteiger partial charge in [0, 0.05) is 38.8 Å². The van der Waals surface area contributed by atoms with E-state index in [1.54, 1.807) is 9.80 Å². The third-order valence-electron chi connectivity index (χ3n) is 4.91. The highest BCUT2D eigenvalue weighted by molar-refractivity contribution is 5.95. The summed E-state index contributed by atoms with van der Waals surface area (Å²) < 4.78 is 0. The molecule has 0 aromatic heterocycles. The van der Waals surface area contributed by atoms with Crippen LogP contribution in [0.1, 0.15) is 12.8 Å². The van der Waals surface area contributed by atoms with Crippen LogP contribution in [0.15, 0.2) is 0 Å². The summed E-state index contributed by atoms with van der Waals surface area (Å²) in [7, 11) is 4.22. The van der Waals surface area contributed by atoms with Crippen molar-refractivity contribution < 1.29 is 9.59 Å². The van der Waals surface area contributed by atoms with E-state index >= 15 is 0 Å². The first-order chi connectivity index (χ1) is 9.56. The molecule has 0 spiro atoms. The predicted molar refractivity (Wildman–Crippen MR) is 75.2 cm³/mol. The molecule has 0 aromatic rings. The molecule has 0 aliphatic carbocycles. The average molecular weight is 280 g/mol. The number of likely N-dealkylation sites (N-methyl/N-ethyl adjacent to an activating group) is 2. The number of carbonyl (C=O) groups excluding carboxylic acids is 2. The Kier molecular flexibility index (Phi) is 3.69. The molecule has 0 N–H and O–H groups in total. The van der Waals surface area contributed by atoms with E-state index in [2.05, 4.69) is 23.9 Å². The van der Waals surface area contributed by atoms with E-state index in [0.29, 0.717) is 12.6 Å². The largest absolute Gasteiger partial charge is 0.330 e. The molecule has 0 aromatic carbocycles. The smallest absolute Gasteiger partial charge is 0.245 e. The first-order valence-corrected chi connectivity index (χ1v) is 7.53. The zero-order valence-corrected chi connectivity index (χ0v) is 12.4. The van der Waals surface area contributed by atoms with Gasteiger partial charge < -0.3 is 14.7 Å². The van der Waals surface area contributed by atoms with Crippen molar-refractivity contribution in [1.82, 2.24) is 19.6 Å². The Morgan fingerprint density at radius 1 is 1.15 bits per heavy atom. The molecule has 2 unspecified atom stereocenters. The summed E-state index contributed by atoms with van der Waals surface area (Å²) in [4.78, 5) is 32.8. The summed E-state index contributed by atoms with van der Waals surface area (Å²) in [5.41, 5.74) is 0. The van der Waals surface area contributed by atoms with Gasteiger partial charge in [-0.3, -0.25) is 14.5 Å². The minimum Gasteiger partial charge on any atom is -0.330 e. The highest BCUT2D eigenvalue weighted by Gasteiger charge is 2.42. The Morgan fingerprint density at radius 3 is 2.75 bits per heavy atom. The SMILES string of the molecule is CN1CCN(C)C(CN2CC(=O)N3CCCC3C2=O)C1. The molecule has 3 heterocycles. The van der Waals surface area contributed by atoms with Gasteiger partial charge in [-0.25, -0.2) is 0 Å². The molecule has 6 heteroatoms. The Morgan fingerprint density at radius 2 is 1.95 bits per heavy atom. The van der Waals surface area contributed by atoms with Crippen molar-refractivity contribution in [1.29, 1.82) is 0 Å². The predicted octanol–water partition coefficient (Wildman–Crippen LogP) is -0.935. The Labute approximate surface area is 120 Å². The normalized spacial score (nSPS) is 32.9. The molecule has 3 aliphatic rings. The van der Waals surface area contributed by atoms with Gasteiger partial charge in [-0.1, -0.05) is 0 Å². The summed E-state index contributed by atoms with van der Waals surface area (Å²) in [5.74, 6) is 0.280. The van der Waals surface area contributed by atoms with Crippen molar-refractivity contribution in [2.24, 2.45) is 0 Å². The van der Waals surface area contributed by atoms with Gasteiger partial charge in [0.05, 0.1) is 6.54 Å². The molecule has 3 fully saturated rings. The van der Waals surface area contributed by atoms with Crippen LogP contribution in [0.2, 0.25) is 0 Å². The van der Waals surface area contributed by atoms with Gasteiger partial charge >= 0.3 is 0 Å². The lowest BCUT2D eigenvalue weighted by molar-refractivity contribution is -0.154. The first kappa shape index (κ1) is 13.8. The van der Waals surface area contributed by atoms with Gasteiger partial charge in [0.15, 0.2) is 0 Å². The number of carbonyl (C=O) groups is 2. The van der Waals surface area contributed by atoms with Gasteiger partial charge in [0.1, 0.15) is 6.04 Å². The van der Waals surface area contributed by atoms with Gasteiger partial charge in [0.25, 0.3) is 0 Å². The zero-order valence-electron chi connectivity index (χ0n) is 12.4. The standard InChI is InChI=1S/C14H24N4O2/c1-15-6-7-16(2)11(8-15)9-17-10-13(19)18-5-3-4-12(18)14(17)20/h11-12H,3-10H2,1-2H3. The molecule has 2 amide bonds. The highest BCUT2D eigenvalue weighted by atomic mass is 16.2. The Bertz CT molecular complexity index is 414. The maximum Gasteiger partial charge on any atom is 0.245 e. The Hall–Kier alpha value is -1.14. The van der Waals surface area contributed by atoms with E-state index in [1.807, 2.05) is 0 Å². The molecule has 2 atom stereocenters. The van der Waals surface area contributed by atoms with Gasteiger partial charge in [-0.05, 0) is 26.9 Å². The van der Waals surface area contributed by atoms with Crippen LogP contribution in [0.5, 0.6) is 0 Å². The van der Waals surface area contributed by atoms with Crippen LogP contribution >= 0.6 is 0 Å². The number of hydrogen-bond donors (Lipinski definition) is 0. The number of fused-ring (bicyclic) bond motifs is 1. The van der Waals surface area contributed by atoms with E-state index in [0.717, 1.165) is 39.0 Å². The number of piperazine rings is 2. The molecule has 0 saturated carbocycles. The second-order valence-corrected chi connectivity index (χ2v) is 6.36. The maximum atomic E-state index is 12.5. The first-order valence-electron chi connectivity index (χ1n) is 7.53. The highest BCUT2D eigenvalue weighted by Crippen LogP contribution is 2.24. The molecule has 3 saturated heterocycles. The molecule has 3 rings (SSSR count). The Balaban J connectivity index is 1.67. The van der Waals surface area contributed by atoms with Crippen LogP contribution in [-0.4, -0.2) is 96.9 Å². The topological polar surface area (TPSA) is 47.1 Å². The van der Waals surface area contributed by atoms with E-state index in [-0.39, 0.29) is 24.4 Å². The summed E-state index contributed by atoms with van der Waals surface area (Å²) in [6.45, 7) is 4.75. The lowest BCUT2D eigenvalue weighted by Crippen LogP contribution is -2.62. The maximum absolute atomic E-state index is 12.5. The van der Waals surface area contributed by atoms with Gasteiger partial charge in [0.2, 0.25) is 11.8 Å². The number of nitrogens with zero attached hydrogens (tertiary/aromatic N) is 4. The fraction of sp³-hybridized carbons (Fsp3) is 0.857. The quantitative estimate of drug-likeness (QED) is 0.655. The van der Waals surface area contributed by atoms with Crippen LogP contribution in [0.25, 0.3) is 0 Å². The van der Waals surface area contributed by atoms with Crippen LogP contribution in [0, 0.1) is 0 Å². The van der Waals surface area contributed by atoms with Gasteiger partial charge in [-0.2, -0.15) is 0 Å². The molecular weight excluding hydrogens is 256 g/mol. The molecule has 6 nitrogen and oxygen atoms in total. The third kappa shape index (κ3) is 2.42. The summed E-state index contributed by atoms with van der Waals surface area (Å²) in [6, 6.07) is 0.154. The van der Waals surface area contributed by atoms with E-state index in [1.165, 1.54) is 0 Å². The average Bonchev–Trinajstić information content (AvgIpc) is 2.90. The third-order valence-corrected chi connectivity index (χ3v) is 4.91. The molecular formula is C14H24N4O2. The fourth-order valence-corrected chi connectivity index (χ4v) is 3.57. The molecule has 0 bridgehead atoms. The summed E-state index contributed by atoms with van der Waals surface area (Å²) in [5, 5.41) is 0. The van der Waals surface area contributed by atoms with Gasteiger partial charge in [-0.15, -0.1) is 0 Å². The molecule has 20 heavy (non-hydrogen) atoms. The summed E-state index contributed by atoms with van der Waals surface area (Å²) in [6.07, 6.45) is 1.80. The second kappa shape index (κ2) is 5.33. The summed E-state index contributed by atoms with van der Waals surface area (Å²) >= 11 is 0.